The summed E-state index contributed by atoms with van der Waals surface area (Å²) in [5, 5.41) is 7.03. The molecule has 2 heterocycles. The van der Waals surface area contributed by atoms with E-state index in [1.165, 1.54) is 17.3 Å². The molecule has 118 valence electrons. The third kappa shape index (κ3) is 5.78. The van der Waals surface area contributed by atoms with Gasteiger partial charge in [0.15, 0.2) is 0 Å². The number of hydrogen-bond donors (Lipinski definition) is 2. The molecule has 1 unspecified atom stereocenters. The Morgan fingerprint density at radius 1 is 1.19 bits per heavy atom. The summed E-state index contributed by atoms with van der Waals surface area (Å²) in [6.45, 7) is 7.56. The maximum atomic E-state index is 5.58. The number of aromatic nitrogens is 3. The summed E-state index contributed by atoms with van der Waals surface area (Å²) < 4.78 is 5.58. The van der Waals surface area contributed by atoms with Crippen molar-refractivity contribution in [3.63, 3.8) is 0 Å². The van der Waals surface area contributed by atoms with E-state index >= 15 is 0 Å². The van der Waals surface area contributed by atoms with Gasteiger partial charge in [-0.3, -0.25) is 0 Å². The van der Waals surface area contributed by atoms with Gasteiger partial charge in [0.05, 0.1) is 6.10 Å². The lowest BCUT2D eigenvalue weighted by atomic mass is 10.5. The molecule has 2 N–H and O–H groups in total. The van der Waals surface area contributed by atoms with Gasteiger partial charge in [-0.1, -0.05) is 0 Å². The van der Waals surface area contributed by atoms with Crippen LogP contribution < -0.4 is 15.4 Å². The summed E-state index contributed by atoms with van der Waals surface area (Å²) in [6.07, 6.45) is 0.0417. The van der Waals surface area contributed by atoms with E-state index in [0.717, 1.165) is 13.1 Å². The van der Waals surface area contributed by atoms with E-state index in [9.17, 15) is 0 Å². The lowest BCUT2D eigenvalue weighted by Crippen LogP contribution is -2.24. The highest BCUT2D eigenvalue weighted by Gasteiger charge is 2.15. The summed E-state index contributed by atoms with van der Waals surface area (Å²) in [7, 11) is 0. The van der Waals surface area contributed by atoms with Crippen LogP contribution in [0.2, 0.25) is 0 Å². The molecular formula is C13H23N5OS2. The second-order valence-electron chi connectivity index (χ2n) is 4.91. The monoisotopic (exact) mass is 329 g/mol. The SMILES string of the molecule is CCNc1nc(NCC2CSCCS2)nc(OC(C)C)n1. The number of rotatable bonds is 7. The molecule has 0 spiro atoms. The average molecular weight is 329 g/mol. The molecule has 1 atom stereocenters. The molecule has 8 heteroatoms. The van der Waals surface area contributed by atoms with Crippen LogP contribution in [-0.2, 0) is 0 Å². The summed E-state index contributed by atoms with van der Waals surface area (Å²) in [5.74, 6) is 4.78. The van der Waals surface area contributed by atoms with Crippen molar-refractivity contribution in [2.45, 2.75) is 32.1 Å². The zero-order chi connectivity index (χ0) is 15.1. The highest BCUT2D eigenvalue weighted by molar-refractivity contribution is 8.06. The molecule has 0 radical (unpaired) electrons. The van der Waals surface area contributed by atoms with Crippen LogP contribution in [-0.4, -0.2) is 56.7 Å². The van der Waals surface area contributed by atoms with E-state index in [-0.39, 0.29) is 6.10 Å². The first-order valence-electron chi connectivity index (χ1n) is 7.27. The van der Waals surface area contributed by atoms with Gasteiger partial charge in [0.25, 0.3) is 0 Å². The maximum absolute atomic E-state index is 5.58. The van der Waals surface area contributed by atoms with Crippen LogP contribution in [0.3, 0.4) is 0 Å². The van der Waals surface area contributed by atoms with Gasteiger partial charge in [0.1, 0.15) is 0 Å². The van der Waals surface area contributed by atoms with E-state index < -0.39 is 0 Å². The number of ether oxygens (including phenoxy) is 1. The van der Waals surface area contributed by atoms with Crippen molar-refractivity contribution < 1.29 is 4.74 Å². The number of thioether (sulfide) groups is 2. The third-order valence-electron chi connectivity index (χ3n) is 2.66. The summed E-state index contributed by atoms with van der Waals surface area (Å²) in [6, 6.07) is 0.365. The first kappa shape index (κ1) is 16.5. The highest BCUT2D eigenvalue weighted by Crippen LogP contribution is 2.24. The molecule has 0 saturated carbocycles. The zero-order valence-corrected chi connectivity index (χ0v) is 14.4. The molecule has 1 saturated heterocycles. The van der Waals surface area contributed by atoms with E-state index in [1.54, 1.807) is 0 Å². The van der Waals surface area contributed by atoms with E-state index in [4.69, 9.17) is 4.74 Å². The van der Waals surface area contributed by atoms with E-state index in [2.05, 4.69) is 25.6 Å². The van der Waals surface area contributed by atoms with Gasteiger partial charge in [-0.2, -0.15) is 38.5 Å². The molecular weight excluding hydrogens is 306 g/mol. The van der Waals surface area contributed by atoms with Crippen LogP contribution in [0.5, 0.6) is 6.01 Å². The summed E-state index contributed by atoms with van der Waals surface area (Å²) in [5.41, 5.74) is 0. The fourth-order valence-electron chi connectivity index (χ4n) is 1.80. The van der Waals surface area contributed by atoms with Crippen molar-refractivity contribution in [3.8, 4) is 6.01 Å². The lowest BCUT2D eigenvalue weighted by Gasteiger charge is -2.21. The maximum Gasteiger partial charge on any atom is 0.323 e. The van der Waals surface area contributed by atoms with Crippen LogP contribution in [0.25, 0.3) is 0 Å². The minimum absolute atomic E-state index is 0.0417. The molecule has 0 bridgehead atoms. The van der Waals surface area contributed by atoms with Crippen LogP contribution in [0.4, 0.5) is 11.9 Å². The summed E-state index contributed by atoms with van der Waals surface area (Å²) >= 11 is 4.02. The normalized spacial score (nSPS) is 18.6. The fraction of sp³-hybridized carbons (Fsp3) is 0.769. The molecule has 0 aliphatic carbocycles. The van der Waals surface area contributed by atoms with Crippen LogP contribution in [0, 0.1) is 0 Å². The molecule has 1 aliphatic rings. The van der Waals surface area contributed by atoms with Crippen LogP contribution >= 0.6 is 23.5 Å². The number of hydrogen-bond acceptors (Lipinski definition) is 8. The quantitative estimate of drug-likeness (QED) is 0.790. The molecule has 1 aromatic rings. The molecule has 1 aliphatic heterocycles. The molecule has 2 rings (SSSR count). The molecule has 1 aromatic heterocycles. The third-order valence-corrected chi connectivity index (χ3v) is 5.51. The number of nitrogens with one attached hydrogen (secondary N) is 2. The Kier molecular flexibility index (Phi) is 6.69. The van der Waals surface area contributed by atoms with Crippen molar-refractivity contribution >= 4 is 35.4 Å². The molecule has 1 fully saturated rings. The highest BCUT2D eigenvalue weighted by atomic mass is 32.2. The van der Waals surface area contributed by atoms with Crippen LogP contribution in [0.1, 0.15) is 20.8 Å². The summed E-state index contributed by atoms with van der Waals surface area (Å²) in [4.78, 5) is 13.0. The van der Waals surface area contributed by atoms with Crippen molar-refractivity contribution in [3.05, 3.63) is 0 Å². The molecule has 21 heavy (non-hydrogen) atoms. The first-order valence-corrected chi connectivity index (χ1v) is 9.47. The van der Waals surface area contributed by atoms with Crippen LogP contribution in [0.15, 0.2) is 0 Å². The lowest BCUT2D eigenvalue weighted by molar-refractivity contribution is 0.222. The smallest absolute Gasteiger partial charge is 0.323 e. The van der Waals surface area contributed by atoms with E-state index in [0.29, 0.717) is 23.2 Å². The second kappa shape index (κ2) is 8.53. The topological polar surface area (TPSA) is 72.0 Å². The van der Waals surface area contributed by atoms with Crippen molar-refractivity contribution in [1.29, 1.82) is 0 Å². The average Bonchev–Trinajstić information content (AvgIpc) is 2.46. The first-order chi connectivity index (χ1) is 10.2. The minimum Gasteiger partial charge on any atom is -0.461 e. The number of anilines is 2. The Bertz CT molecular complexity index is 441. The van der Waals surface area contributed by atoms with E-state index in [1.807, 2.05) is 44.3 Å². The van der Waals surface area contributed by atoms with Gasteiger partial charge in [0, 0.05) is 35.6 Å². The Labute approximate surface area is 134 Å². The van der Waals surface area contributed by atoms with Crippen molar-refractivity contribution in [2.24, 2.45) is 0 Å². The Morgan fingerprint density at radius 2 is 1.95 bits per heavy atom. The largest absolute Gasteiger partial charge is 0.461 e. The Hall–Kier alpha value is -0.890. The molecule has 0 aromatic carbocycles. The van der Waals surface area contributed by atoms with Gasteiger partial charge in [-0.15, -0.1) is 0 Å². The van der Waals surface area contributed by atoms with Gasteiger partial charge in [-0.05, 0) is 20.8 Å². The fourth-order valence-corrected chi connectivity index (χ4v) is 4.41. The van der Waals surface area contributed by atoms with Gasteiger partial charge in [-0.25, -0.2) is 0 Å². The molecule has 0 amide bonds. The standard InChI is InChI=1S/C13H23N5OS2/c1-4-14-11-16-12(18-13(17-11)19-9(2)3)15-7-10-8-20-5-6-21-10/h9-10H,4-8H2,1-3H3,(H2,14,15,16,17,18). The Morgan fingerprint density at radius 3 is 2.57 bits per heavy atom. The predicted molar refractivity (Wildman–Crippen MR) is 91.8 cm³/mol. The molecule has 6 nitrogen and oxygen atoms in total. The van der Waals surface area contributed by atoms with Crippen molar-refractivity contribution in [2.75, 3.05) is 41.0 Å². The second-order valence-corrected chi connectivity index (χ2v) is 7.47. The Balaban J connectivity index is 2.00. The number of nitrogens with zero attached hydrogens (tertiary/aromatic N) is 3. The minimum atomic E-state index is 0.0417. The van der Waals surface area contributed by atoms with Gasteiger partial charge >= 0.3 is 6.01 Å². The van der Waals surface area contributed by atoms with Crippen molar-refractivity contribution in [1.82, 2.24) is 15.0 Å². The zero-order valence-electron chi connectivity index (χ0n) is 12.8. The van der Waals surface area contributed by atoms with Gasteiger partial charge < -0.3 is 15.4 Å². The predicted octanol–water partition coefficient (Wildman–Crippen LogP) is 2.35. The van der Waals surface area contributed by atoms with Gasteiger partial charge in [0.2, 0.25) is 11.9 Å².